The molecule has 1 spiro atoms. The number of fused-ring (bicyclic) bond motifs is 2. The van der Waals surface area contributed by atoms with E-state index in [9.17, 15) is 14.4 Å². The Kier molecular flexibility index (Phi) is 6.28. The summed E-state index contributed by atoms with van der Waals surface area (Å²) in [5.74, 6) is -0.0925. The smallest absolute Gasteiger partial charge is 0.325 e. The SMILES string of the molecule is CC(C)c1ccc(C(NC(=O)CN2C(=O)NC3(CCCc4ccccc43)C2=O)C(C)C)cc1. The van der Waals surface area contributed by atoms with Gasteiger partial charge in [-0.25, -0.2) is 4.79 Å². The van der Waals surface area contributed by atoms with Crippen LogP contribution in [-0.4, -0.2) is 29.3 Å². The molecule has 6 nitrogen and oxygen atoms in total. The number of amides is 4. The fraction of sp³-hybridized carbons (Fsp3) is 0.444. The third-order valence-electron chi connectivity index (χ3n) is 6.90. The van der Waals surface area contributed by atoms with Crippen molar-refractivity contribution in [1.29, 1.82) is 0 Å². The van der Waals surface area contributed by atoms with Crippen LogP contribution in [0, 0.1) is 5.92 Å². The van der Waals surface area contributed by atoms with Crippen LogP contribution in [0.25, 0.3) is 0 Å². The summed E-state index contributed by atoms with van der Waals surface area (Å²) in [6, 6.07) is 15.3. The molecule has 2 aliphatic rings. The molecule has 33 heavy (non-hydrogen) atoms. The lowest BCUT2D eigenvalue weighted by Crippen LogP contribution is -2.47. The molecule has 2 N–H and O–H groups in total. The van der Waals surface area contributed by atoms with Crippen molar-refractivity contribution < 1.29 is 14.4 Å². The van der Waals surface area contributed by atoms with Crippen molar-refractivity contribution in [2.75, 3.05) is 6.54 Å². The zero-order valence-corrected chi connectivity index (χ0v) is 19.9. The average Bonchev–Trinajstić information content (AvgIpc) is 3.02. The van der Waals surface area contributed by atoms with Crippen LogP contribution in [0.5, 0.6) is 0 Å². The van der Waals surface area contributed by atoms with Crippen molar-refractivity contribution >= 4 is 17.8 Å². The summed E-state index contributed by atoms with van der Waals surface area (Å²) >= 11 is 0. The number of hydrogen-bond acceptors (Lipinski definition) is 3. The molecule has 6 heteroatoms. The van der Waals surface area contributed by atoms with Gasteiger partial charge in [-0.15, -0.1) is 0 Å². The summed E-state index contributed by atoms with van der Waals surface area (Å²) < 4.78 is 0. The molecule has 2 aromatic rings. The fourth-order valence-electron chi connectivity index (χ4n) is 5.04. The summed E-state index contributed by atoms with van der Waals surface area (Å²) in [6.45, 7) is 8.09. The number of rotatable bonds is 6. The Hall–Kier alpha value is -3.15. The first-order chi connectivity index (χ1) is 15.7. The van der Waals surface area contributed by atoms with E-state index in [2.05, 4.69) is 36.6 Å². The van der Waals surface area contributed by atoms with Gasteiger partial charge < -0.3 is 10.6 Å². The van der Waals surface area contributed by atoms with Gasteiger partial charge in [0.1, 0.15) is 12.1 Å². The summed E-state index contributed by atoms with van der Waals surface area (Å²) in [5, 5.41) is 5.96. The summed E-state index contributed by atoms with van der Waals surface area (Å²) in [6.07, 6.45) is 2.24. The van der Waals surface area contributed by atoms with E-state index in [-0.39, 0.29) is 30.3 Å². The number of carbonyl (C=O) groups excluding carboxylic acids is 3. The molecule has 4 rings (SSSR count). The predicted molar refractivity (Wildman–Crippen MR) is 128 cm³/mol. The van der Waals surface area contributed by atoms with E-state index in [1.807, 2.05) is 50.2 Å². The van der Waals surface area contributed by atoms with E-state index in [1.165, 1.54) is 5.56 Å². The average molecular weight is 448 g/mol. The standard InChI is InChI=1S/C27H33N3O3/c1-17(2)19-11-13-21(14-12-19)24(18(3)4)28-23(31)16-30-25(32)27(29-26(30)33)15-7-9-20-8-5-6-10-22(20)27/h5-6,8,10-14,17-18,24H,7,9,15-16H2,1-4H3,(H,28,31)(H,29,33). The van der Waals surface area contributed by atoms with Crippen molar-refractivity contribution in [1.82, 2.24) is 15.5 Å². The molecular weight excluding hydrogens is 414 g/mol. The van der Waals surface area contributed by atoms with Gasteiger partial charge in [0.25, 0.3) is 5.91 Å². The van der Waals surface area contributed by atoms with Crippen LogP contribution in [-0.2, 0) is 21.5 Å². The van der Waals surface area contributed by atoms with Crippen LogP contribution in [0.15, 0.2) is 48.5 Å². The maximum atomic E-state index is 13.4. The quantitative estimate of drug-likeness (QED) is 0.644. The molecule has 1 aliphatic heterocycles. The van der Waals surface area contributed by atoms with Crippen LogP contribution in [0.2, 0.25) is 0 Å². The second-order valence-electron chi connectivity index (χ2n) is 9.85. The lowest BCUT2D eigenvalue weighted by molar-refractivity contribution is -0.136. The zero-order valence-electron chi connectivity index (χ0n) is 19.9. The number of urea groups is 1. The van der Waals surface area contributed by atoms with Crippen LogP contribution >= 0.6 is 0 Å². The van der Waals surface area contributed by atoms with E-state index in [0.717, 1.165) is 34.4 Å². The van der Waals surface area contributed by atoms with E-state index in [4.69, 9.17) is 0 Å². The lowest BCUT2D eigenvalue weighted by Gasteiger charge is -2.33. The molecule has 174 valence electrons. The molecule has 0 saturated carbocycles. The molecular formula is C27H33N3O3. The molecule has 1 heterocycles. The number of carbonyl (C=O) groups is 3. The fourth-order valence-corrected chi connectivity index (χ4v) is 5.04. The van der Waals surface area contributed by atoms with Gasteiger partial charge in [-0.2, -0.15) is 0 Å². The molecule has 0 aromatic heterocycles. The second-order valence-corrected chi connectivity index (χ2v) is 9.85. The van der Waals surface area contributed by atoms with Crippen LogP contribution in [0.1, 0.15) is 74.8 Å². The van der Waals surface area contributed by atoms with Gasteiger partial charge in [-0.1, -0.05) is 76.2 Å². The Bertz CT molecular complexity index is 1060. The molecule has 0 bridgehead atoms. The van der Waals surface area contributed by atoms with Crippen molar-refractivity contribution in [2.24, 2.45) is 5.92 Å². The highest BCUT2D eigenvalue weighted by Gasteiger charge is 2.54. The minimum absolute atomic E-state index is 0.151. The van der Waals surface area contributed by atoms with Gasteiger partial charge in [-0.3, -0.25) is 14.5 Å². The number of aryl methyl sites for hydroxylation is 1. The van der Waals surface area contributed by atoms with E-state index >= 15 is 0 Å². The van der Waals surface area contributed by atoms with Crippen molar-refractivity contribution in [3.8, 4) is 0 Å². The molecule has 1 aliphatic carbocycles. The minimum atomic E-state index is -1.06. The van der Waals surface area contributed by atoms with Gasteiger partial charge >= 0.3 is 6.03 Å². The van der Waals surface area contributed by atoms with Gasteiger partial charge in [0.05, 0.1) is 6.04 Å². The first-order valence-corrected chi connectivity index (χ1v) is 11.8. The number of hydrogen-bond donors (Lipinski definition) is 2. The molecule has 2 atom stereocenters. The van der Waals surface area contributed by atoms with Crippen LogP contribution in [0.4, 0.5) is 4.79 Å². The Morgan fingerprint density at radius 3 is 2.36 bits per heavy atom. The molecule has 4 amide bonds. The van der Waals surface area contributed by atoms with Crippen molar-refractivity contribution in [2.45, 2.75) is 64.5 Å². The first-order valence-electron chi connectivity index (χ1n) is 11.8. The molecule has 0 radical (unpaired) electrons. The molecule has 2 unspecified atom stereocenters. The van der Waals surface area contributed by atoms with E-state index in [1.54, 1.807) is 0 Å². The number of benzene rings is 2. The van der Waals surface area contributed by atoms with Crippen LogP contribution < -0.4 is 10.6 Å². The van der Waals surface area contributed by atoms with Crippen LogP contribution in [0.3, 0.4) is 0 Å². The van der Waals surface area contributed by atoms with E-state index < -0.39 is 11.6 Å². The maximum absolute atomic E-state index is 13.4. The van der Waals surface area contributed by atoms with Crippen molar-refractivity contribution in [3.63, 3.8) is 0 Å². The van der Waals surface area contributed by atoms with Gasteiger partial charge in [0, 0.05) is 0 Å². The molecule has 1 saturated heterocycles. The maximum Gasteiger partial charge on any atom is 0.325 e. The highest BCUT2D eigenvalue weighted by Crippen LogP contribution is 2.39. The lowest BCUT2D eigenvalue weighted by atomic mass is 9.76. The Morgan fingerprint density at radius 2 is 1.70 bits per heavy atom. The topological polar surface area (TPSA) is 78.5 Å². The number of imide groups is 1. The second kappa shape index (κ2) is 9.00. The highest BCUT2D eigenvalue weighted by atomic mass is 16.2. The third-order valence-corrected chi connectivity index (χ3v) is 6.90. The highest BCUT2D eigenvalue weighted by molar-refractivity contribution is 6.09. The van der Waals surface area contributed by atoms with Gasteiger partial charge in [0.2, 0.25) is 5.91 Å². The third kappa shape index (κ3) is 4.26. The summed E-state index contributed by atoms with van der Waals surface area (Å²) in [7, 11) is 0. The Labute approximate surface area is 195 Å². The summed E-state index contributed by atoms with van der Waals surface area (Å²) in [5.41, 5.74) is 3.12. The van der Waals surface area contributed by atoms with Gasteiger partial charge in [0.15, 0.2) is 0 Å². The summed E-state index contributed by atoms with van der Waals surface area (Å²) in [4.78, 5) is 40.3. The Balaban J connectivity index is 1.50. The zero-order chi connectivity index (χ0) is 23.8. The van der Waals surface area contributed by atoms with E-state index in [0.29, 0.717) is 12.3 Å². The Morgan fingerprint density at radius 1 is 1.03 bits per heavy atom. The largest absolute Gasteiger partial charge is 0.347 e. The monoisotopic (exact) mass is 447 g/mol. The molecule has 2 aromatic carbocycles. The molecule has 1 fully saturated rings. The number of nitrogens with one attached hydrogen (secondary N) is 2. The predicted octanol–water partition coefficient (Wildman–Crippen LogP) is 4.41. The van der Waals surface area contributed by atoms with Crippen molar-refractivity contribution in [3.05, 3.63) is 70.8 Å². The first kappa shape index (κ1) is 23.0. The minimum Gasteiger partial charge on any atom is -0.347 e. The van der Waals surface area contributed by atoms with Gasteiger partial charge in [-0.05, 0) is 53.4 Å². The normalized spacial score (nSPS) is 20.8. The number of nitrogens with zero attached hydrogens (tertiary/aromatic N) is 1.